The molecule has 0 radical (unpaired) electrons. The van der Waals surface area contributed by atoms with Gasteiger partial charge < -0.3 is 15.3 Å². The molecule has 0 saturated carbocycles. The molecule has 2 heterocycles. The van der Waals surface area contributed by atoms with E-state index in [0.717, 1.165) is 16.5 Å². The Morgan fingerprint density at radius 3 is 3.05 bits per heavy atom. The fraction of sp³-hybridized carbons (Fsp3) is 0.545. The van der Waals surface area contributed by atoms with Crippen LogP contribution in [0, 0.1) is 6.92 Å². The van der Waals surface area contributed by atoms with E-state index in [0.29, 0.717) is 18.8 Å². The van der Waals surface area contributed by atoms with Crippen LogP contribution >= 0.6 is 23.1 Å². The number of carboxylic acid groups (broad SMARTS) is 1. The zero-order valence-corrected chi connectivity index (χ0v) is 12.1. The Balaban J connectivity index is 1.92. The lowest BCUT2D eigenvalue weighted by Gasteiger charge is -2.32. The first-order chi connectivity index (χ1) is 9.08. The van der Waals surface area contributed by atoms with Gasteiger partial charge in [-0.2, -0.15) is 11.8 Å². The third kappa shape index (κ3) is 3.60. The summed E-state index contributed by atoms with van der Waals surface area (Å²) < 4.78 is 0. The minimum atomic E-state index is -0.951. The molecule has 1 aliphatic rings. The van der Waals surface area contributed by atoms with Gasteiger partial charge in [-0.05, 0) is 6.92 Å². The number of thiazole rings is 1. The summed E-state index contributed by atoms with van der Waals surface area (Å²) in [5, 5.41) is 14.6. The van der Waals surface area contributed by atoms with Crippen LogP contribution < -0.4 is 5.32 Å². The molecule has 0 aromatic carbocycles. The van der Waals surface area contributed by atoms with Crippen molar-refractivity contribution in [1.82, 2.24) is 15.2 Å². The number of carbonyl (C=O) groups is 2. The number of carbonyl (C=O) groups excluding carboxylic acids is 1. The smallest absolute Gasteiger partial charge is 0.327 e. The molecule has 1 aromatic rings. The number of rotatable bonds is 3. The summed E-state index contributed by atoms with van der Waals surface area (Å²) in [7, 11) is 0. The van der Waals surface area contributed by atoms with Crippen molar-refractivity contribution < 1.29 is 14.7 Å². The first-order valence-corrected chi connectivity index (χ1v) is 7.87. The Kier molecular flexibility index (Phi) is 4.65. The quantitative estimate of drug-likeness (QED) is 0.875. The van der Waals surface area contributed by atoms with Gasteiger partial charge in [0.05, 0.1) is 6.54 Å². The molecule has 0 spiro atoms. The van der Waals surface area contributed by atoms with Gasteiger partial charge in [0.1, 0.15) is 11.0 Å². The van der Waals surface area contributed by atoms with E-state index in [9.17, 15) is 9.59 Å². The van der Waals surface area contributed by atoms with Crippen molar-refractivity contribution >= 4 is 35.1 Å². The molecule has 2 amide bonds. The van der Waals surface area contributed by atoms with E-state index >= 15 is 0 Å². The molecular formula is C11H15N3O3S2. The lowest BCUT2D eigenvalue weighted by molar-refractivity contribution is -0.141. The molecule has 1 atom stereocenters. The molecule has 2 N–H and O–H groups in total. The maximum atomic E-state index is 12.0. The normalized spacial score (nSPS) is 19.2. The summed E-state index contributed by atoms with van der Waals surface area (Å²) in [5.74, 6) is 0.264. The van der Waals surface area contributed by atoms with Crippen LogP contribution in [0.2, 0.25) is 0 Å². The van der Waals surface area contributed by atoms with Crippen LogP contribution in [0.4, 0.5) is 4.79 Å². The molecule has 6 nitrogen and oxygen atoms in total. The number of aryl methyl sites for hydroxylation is 1. The van der Waals surface area contributed by atoms with E-state index in [1.807, 2.05) is 12.3 Å². The van der Waals surface area contributed by atoms with E-state index < -0.39 is 12.0 Å². The number of nitrogens with zero attached hydrogens (tertiary/aromatic N) is 2. The van der Waals surface area contributed by atoms with Gasteiger partial charge in [0.15, 0.2) is 0 Å². The number of aliphatic carboxylic acids is 1. The van der Waals surface area contributed by atoms with Gasteiger partial charge in [0, 0.05) is 29.1 Å². The van der Waals surface area contributed by atoms with E-state index in [2.05, 4.69) is 10.3 Å². The summed E-state index contributed by atoms with van der Waals surface area (Å²) >= 11 is 3.04. The van der Waals surface area contributed by atoms with Crippen LogP contribution in [0.15, 0.2) is 5.38 Å². The molecule has 8 heteroatoms. The number of amides is 2. The molecule has 104 valence electrons. The molecule has 1 unspecified atom stereocenters. The van der Waals surface area contributed by atoms with E-state index in [4.69, 9.17) is 5.11 Å². The highest BCUT2D eigenvalue weighted by Gasteiger charge is 2.32. The van der Waals surface area contributed by atoms with E-state index in [-0.39, 0.29) is 6.03 Å². The van der Waals surface area contributed by atoms with Gasteiger partial charge in [0.25, 0.3) is 0 Å². The summed E-state index contributed by atoms with van der Waals surface area (Å²) in [6.07, 6.45) is 0. The number of hydrogen-bond donors (Lipinski definition) is 2. The predicted octanol–water partition coefficient (Wildman–Crippen LogP) is 1.16. The number of aromatic nitrogens is 1. The molecule has 0 bridgehead atoms. The van der Waals surface area contributed by atoms with Crippen molar-refractivity contribution in [2.24, 2.45) is 0 Å². The van der Waals surface area contributed by atoms with Crippen molar-refractivity contribution in [3.05, 3.63) is 16.1 Å². The second-order valence-electron chi connectivity index (χ2n) is 4.16. The number of carboxylic acids is 1. The second-order valence-corrected chi connectivity index (χ2v) is 6.26. The lowest BCUT2D eigenvalue weighted by atomic mass is 10.3. The lowest BCUT2D eigenvalue weighted by Crippen LogP contribution is -2.53. The first-order valence-electron chi connectivity index (χ1n) is 5.84. The third-order valence-electron chi connectivity index (χ3n) is 2.73. The monoisotopic (exact) mass is 301 g/mol. The molecule has 19 heavy (non-hydrogen) atoms. The maximum Gasteiger partial charge on any atom is 0.327 e. The number of hydrogen-bond acceptors (Lipinski definition) is 5. The largest absolute Gasteiger partial charge is 0.480 e. The number of urea groups is 1. The van der Waals surface area contributed by atoms with E-state index in [1.165, 1.54) is 16.2 Å². The zero-order chi connectivity index (χ0) is 13.8. The van der Waals surface area contributed by atoms with Gasteiger partial charge >= 0.3 is 12.0 Å². The molecule has 0 aliphatic carbocycles. The fourth-order valence-corrected chi connectivity index (χ4v) is 3.54. The molecule has 1 fully saturated rings. The van der Waals surface area contributed by atoms with Crippen molar-refractivity contribution in [3.8, 4) is 0 Å². The summed E-state index contributed by atoms with van der Waals surface area (Å²) in [6, 6.07) is -1.07. The summed E-state index contributed by atoms with van der Waals surface area (Å²) in [5.41, 5.74) is 0.923. The van der Waals surface area contributed by atoms with Crippen LogP contribution in [0.3, 0.4) is 0 Å². The van der Waals surface area contributed by atoms with Crippen molar-refractivity contribution in [1.29, 1.82) is 0 Å². The number of nitrogens with one attached hydrogen (secondary N) is 1. The standard InChI is InChI=1S/C11H15N3O3S2/c1-7-5-19-9(13-7)4-12-11(17)14-2-3-18-6-8(14)10(15)16/h5,8H,2-4,6H2,1H3,(H,12,17)(H,15,16). The fourth-order valence-electron chi connectivity index (χ4n) is 1.79. The Hall–Kier alpha value is -1.28. The van der Waals surface area contributed by atoms with Crippen LogP contribution in [-0.4, -0.2) is 51.1 Å². The number of thioether (sulfide) groups is 1. The average Bonchev–Trinajstić information content (AvgIpc) is 2.81. The highest BCUT2D eigenvalue weighted by molar-refractivity contribution is 7.99. The predicted molar refractivity (Wildman–Crippen MR) is 74.5 cm³/mol. The average molecular weight is 301 g/mol. The Morgan fingerprint density at radius 2 is 2.42 bits per heavy atom. The minimum Gasteiger partial charge on any atom is -0.480 e. The molecule has 1 aromatic heterocycles. The maximum absolute atomic E-state index is 12.0. The van der Waals surface area contributed by atoms with Crippen molar-refractivity contribution in [3.63, 3.8) is 0 Å². The van der Waals surface area contributed by atoms with Gasteiger partial charge in [-0.1, -0.05) is 0 Å². The molecular weight excluding hydrogens is 286 g/mol. The Bertz CT molecular complexity index is 478. The topological polar surface area (TPSA) is 82.5 Å². The molecule has 1 saturated heterocycles. The summed E-state index contributed by atoms with van der Waals surface area (Å²) in [6.45, 7) is 2.70. The van der Waals surface area contributed by atoms with Crippen LogP contribution in [0.25, 0.3) is 0 Å². The zero-order valence-electron chi connectivity index (χ0n) is 10.5. The van der Waals surface area contributed by atoms with E-state index in [1.54, 1.807) is 11.8 Å². The van der Waals surface area contributed by atoms with Crippen LogP contribution in [-0.2, 0) is 11.3 Å². The van der Waals surface area contributed by atoms with Crippen LogP contribution in [0.1, 0.15) is 10.7 Å². The van der Waals surface area contributed by atoms with Gasteiger partial charge in [-0.3, -0.25) is 0 Å². The Labute approximate surface area is 119 Å². The molecule has 2 rings (SSSR count). The summed E-state index contributed by atoms with van der Waals surface area (Å²) in [4.78, 5) is 28.7. The minimum absolute atomic E-state index is 0.333. The third-order valence-corrected chi connectivity index (χ3v) is 4.72. The Morgan fingerprint density at radius 1 is 1.63 bits per heavy atom. The van der Waals surface area contributed by atoms with Crippen LogP contribution in [0.5, 0.6) is 0 Å². The molecule has 1 aliphatic heterocycles. The van der Waals surface area contributed by atoms with Crippen molar-refractivity contribution in [2.75, 3.05) is 18.1 Å². The highest BCUT2D eigenvalue weighted by atomic mass is 32.2. The first kappa shape index (κ1) is 14.1. The SMILES string of the molecule is Cc1csc(CNC(=O)N2CCSCC2C(=O)O)n1. The van der Waals surface area contributed by atoms with Gasteiger partial charge in [0.2, 0.25) is 0 Å². The van der Waals surface area contributed by atoms with Crippen molar-refractivity contribution in [2.45, 2.75) is 19.5 Å². The highest BCUT2D eigenvalue weighted by Crippen LogP contribution is 2.17. The van der Waals surface area contributed by atoms with Gasteiger partial charge in [-0.25, -0.2) is 14.6 Å². The van der Waals surface area contributed by atoms with Gasteiger partial charge in [-0.15, -0.1) is 11.3 Å². The second kappa shape index (κ2) is 6.25.